The normalized spacial score (nSPS) is 12.8. The van der Waals surface area contributed by atoms with E-state index in [4.69, 9.17) is 4.74 Å². The first-order valence-electron chi connectivity index (χ1n) is 9.37. The molecule has 3 aromatic rings. The van der Waals surface area contributed by atoms with E-state index in [0.29, 0.717) is 36.6 Å². The maximum absolute atomic E-state index is 13.0. The Bertz CT molecular complexity index is 1050. The van der Waals surface area contributed by atoms with Crippen LogP contribution in [0.1, 0.15) is 23.1 Å². The van der Waals surface area contributed by atoms with E-state index in [1.54, 1.807) is 24.4 Å². The highest BCUT2D eigenvalue weighted by atomic mass is 19.1. The Hall–Kier alpha value is -3.54. The molecule has 1 aliphatic rings. The second-order valence-electron chi connectivity index (χ2n) is 6.95. The number of aromatic nitrogens is 1. The Morgan fingerprint density at radius 2 is 1.62 bits per heavy atom. The molecule has 0 atom stereocenters. The molecule has 0 saturated heterocycles. The summed E-state index contributed by atoms with van der Waals surface area (Å²) in [6.07, 6.45) is 3.16. The van der Waals surface area contributed by atoms with Crippen LogP contribution < -0.4 is 10.1 Å². The SMILES string of the molecule is O=C(Cc1ccc(F)cc1)Cc1ccc(Oc2ccnc3c2CCC(=O)N3)cc1. The van der Waals surface area contributed by atoms with Gasteiger partial charge in [0.1, 0.15) is 28.9 Å². The molecule has 4 rings (SSSR count). The third-order valence-corrected chi connectivity index (χ3v) is 4.74. The van der Waals surface area contributed by atoms with E-state index < -0.39 is 0 Å². The molecule has 146 valence electrons. The molecule has 0 unspecified atom stereocenters. The standard InChI is InChI=1S/C23H19FN2O3/c24-17-5-1-15(2-6-17)13-18(27)14-16-3-7-19(8-4-16)29-21-11-12-25-23-20(21)9-10-22(28)26-23/h1-8,11-12H,9-10,13-14H2,(H,25,26,28). The van der Waals surface area contributed by atoms with Gasteiger partial charge in [0.25, 0.3) is 0 Å². The predicted molar refractivity (Wildman–Crippen MR) is 107 cm³/mol. The number of carbonyl (C=O) groups is 2. The number of pyridine rings is 1. The quantitative estimate of drug-likeness (QED) is 0.683. The van der Waals surface area contributed by atoms with Crippen LogP contribution in [0.25, 0.3) is 0 Å². The zero-order valence-electron chi connectivity index (χ0n) is 15.7. The number of ketones is 1. The number of hydrogen-bond acceptors (Lipinski definition) is 4. The van der Waals surface area contributed by atoms with Crippen LogP contribution in [0.4, 0.5) is 10.2 Å². The minimum atomic E-state index is -0.311. The molecule has 2 heterocycles. The summed E-state index contributed by atoms with van der Waals surface area (Å²) in [4.78, 5) is 28.0. The van der Waals surface area contributed by atoms with Gasteiger partial charge < -0.3 is 10.1 Å². The fourth-order valence-electron chi connectivity index (χ4n) is 3.28. The number of Topliss-reactive ketones (excluding diaryl/α,β-unsaturated/α-hetero) is 1. The Labute approximate surface area is 167 Å². The van der Waals surface area contributed by atoms with Crippen LogP contribution in [0.15, 0.2) is 60.8 Å². The van der Waals surface area contributed by atoms with E-state index in [2.05, 4.69) is 10.3 Å². The molecule has 0 radical (unpaired) electrons. The van der Waals surface area contributed by atoms with Gasteiger partial charge in [-0.3, -0.25) is 9.59 Å². The topological polar surface area (TPSA) is 68.3 Å². The Kier molecular flexibility index (Phi) is 5.33. The number of hydrogen-bond donors (Lipinski definition) is 1. The van der Waals surface area contributed by atoms with E-state index in [-0.39, 0.29) is 23.9 Å². The summed E-state index contributed by atoms with van der Waals surface area (Å²) < 4.78 is 18.9. The average molecular weight is 390 g/mol. The first kappa shape index (κ1) is 18.8. The van der Waals surface area contributed by atoms with Crippen molar-refractivity contribution in [3.05, 3.63) is 83.3 Å². The number of nitrogens with zero attached hydrogens (tertiary/aromatic N) is 1. The van der Waals surface area contributed by atoms with Crippen LogP contribution in [0.3, 0.4) is 0 Å². The lowest BCUT2D eigenvalue weighted by molar-refractivity contribution is -0.118. The largest absolute Gasteiger partial charge is 0.457 e. The summed E-state index contributed by atoms with van der Waals surface area (Å²) in [5, 5.41) is 2.75. The van der Waals surface area contributed by atoms with Gasteiger partial charge in [-0.2, -0.15) is 0 Å². The highest BCUT2D eigenvalue weighted by molar-refractivity contribution is 5.93. The summed E-state index contributed by atoms with van der Waals surface area (Å²) in [6, 6.07) is 15.1. The average Bonchev–Trinajstić information content (AvgIpc) is 2.71. The lowest BCUT2D eigenvalue weighted by Gasteiger charge is -2.18. The monoisotopic (exact) mass is 390 g/mol. The molecular formula is C23H19FN2O3. The number of amides is 1. The first-order valence-corrected chi connectivity index (χ1v) is 9.37. The Balaban J connectivity index is 1.39. The molecule has 1 N–H and O–H groups in total. The number of ether oxygens (including phenoxy) is 1. The maximum Gasteiger partial charge on any atom is 0.225 e. The molecule has 2 aromatic carbocycles. The van der Waals surface area contributed by atoms with Crippen LogP contribution in [0.5, 0.6) is 11.5 Å². The lowest BCUT2D eigenvalue weighted by Crippen LogP contribution is -2.20. The van der Waals surface area contributed by atoms with Crippen molar-refractivity contribution in [2.24, 2.45) is 0 Å². The summed E-state index contributed by atoms with van der Waals surface area (Å²) in [6.45, 7) is 0. The fraction of sp³-hybridized carbons (Fsp3) is 0.174. The summed E-state index contributed by atoms with van der Waals surface area (Å²) in [5.74, 6) is 1.55. The van der Waals surface area contributed by atoms with Crippen LogP contribution in [0.2, 0.25) is 0 Å². The molecule has 5 nitrogen and oxygen atoms in total. The Morgan fingerprint density at radius 1 is 0.966 bits per heavy atom. The van der Waals surface area contributed by atoms with Gasteiger partial charge in [0.05, 0.1) is 0 Å². The van der Waals surface area contributed by atoms with Crippen molar-refractivity contribution in [1.82, 2.24) is 4.98 Å². The van der Waals surface area contributed by atoms with Crippen molar-refractivity contribution < 1.29 is 18.7 Å². The van der Waals surface area contributed by atoms with Gasteiger partial charge in [-0.05, 0) is 47.9 Å². The van der Waals surface area contributed by atoms with Gasteiger partial charge in [0, 0.05) is 31.0 Å². The summed E-state index contributed by atoms with van der Waals surface area (Å²) in [7, 11) is 0. The first-order chi connectivity index (χ1) is 14.1. The number of anilines is 1. The zero-order chi connectivity index (χ0) is 20.2. The summed E-state index contributed by atoms with van der Waals surface area (Å²) in [5.41, 5.74) is 2.56. The predicted octanol–water partition coefficient (Wildman–Crippen LogP) is 4.25. The number of benzene rings is 2. The van der Waals surface area contributed by atoms with E-state index in [9.17, 15) is 14.0 Å². The molecule has 0 bridgehead atoms. The molecule has 6 heteroatoms. The van der Waals surface area contributed by atoms with Crippen molar-refractivity contribution >= 4 is 17.5 Å². The van der Waals surface area contributed by atoms with Crippen molar-refractivity contribution in [3.63, 3.8) is 0 Å². The maximum atomic E-state index is 13.0. The van der Waals surface area contributed by atoms with Gasteiger partial charge in [-0.25, -0.2) is 9.37 Å². The second kappa shape index (κ2) is 8.22. The molecule has 0 spiro atoms. The van der Waals surface area contributed by atoms with Gasteiger partial charge in [-0.15, -0.1) is 0 Å². The number of nitrogens with one attached hydrogen (secondary N) is 1. The molecule has 1 amide bonds. The third-order valence-electron chi connectivity index (χ3n) is 4.74. The van der Waals surface area contributed by atoms with E-state index in [1.165, 1.54) is 12.1 Å². The molecular weight excluding hydrogens is 371 g/mol. The zero-order valence-corrected chi connectivity index (χ0v) is 15.7. The van der Waals surface area contributed by atoms with Gasteiger partial charge in [0.2, 0.25) is 5.91 Å². The molecule has 29 heavy (non-hydrogen) atoms. The van der Waals surface area contributed by atoms with E-state index in [1.807, 2.05) is 24.3 Å². The molecule has 0 fully saturated rings. The highest BCUT2D eigenvalue weighted by Crippen LogP contribution is 2.32. The van der Waals surface area contributed by atoms with E-state index >= 15 is 0 Å². The minimum absolute atomic E-state index is 0.0446. The number of carbonyl (C=O) groups excluding carboxylic acids is 2. The lowest BCUT2D eigenvalue weighted by atomic mass is 10.0. The summed E-state index contributed by atoms with van der Waals surface area (Å²) >= 11 is 0. The van der Waals surface area contributed by atoms with Crippen LogP contribution in [-0.2, 0) is 28.9 Å². The van der Waals surface area contributed by atoms with Crippen LogP contribution in [0, 0.1) is 5.82 Å². The number of rotatable bonds is 6. The molecule has 1 aromatic heterocycles. The van der Waals surface area contributed by atoms with E-state index in [0.717, 1.165) is 16.7 Å². The smallest absolute Gasteiger partial charge is 0.225 e. The van der Waals surface area contributed by atoms with Crippen LogP contribution >= 0.6 is 0 Å². The number of fused-ring (bicyclic) bond motifs is 1. The highest BCUT2D eigenvalue weighted by Gasteiger charge is 2.20. The molecule has 1 aliphatic heterocycles. The Morgan fingerprint density at radius 3 is 2.31 bits per heavy atom. The van der Waals surface area contributed by atoms with Gasteiger partial charge in [-0.1, -0.05) is 24.3 Å². The van der Waals surface area contributed by atoms with Crippen molar-refractivity contribution in [2.45, 2.75) is 25.7 Å². The van der Waals surface area contributed by atoms with Crippen molar-refractivity contribution in [1.29, 1.82) is 0 Å². The van der Waals surface area contributed by atoms with Gasteiger partial charge in [0.15, 0.2) is 0 Å². The van der Waals surface area contributed by atoms with Gasteiger partial charge >= 0.3 is 0 Å². The fourth-order valence-corrected chi connectivity index (χ4v) is 3.28. The van der Waals surface area contributed by atoms with Crippen molar-refractivity contribution in [2.75, 3.05) is 5.32 Å². The van der Waals surface area contributed by atoms with Crippen LogP contribution in [-0.4, -0.2) is 16.7 Å². The molecule has 0 aliphatic carbocycles. The third kappa shape index (κ3) is 4.66. The number of halogens is 1. The molecule has 0 saturated carbocycles. The minimum Gasteiger partial charge on any atom is -0.457 e. The second-order valence-corrected chi connectivity index (χ2v) is 6.95. The van der Waals surface area contributed by atoms with Crippen molar-refractivity contribution in [3.8, 4) is 11.5 Å².